The van der Waals surface area contributed by atoms with Gasteiger partial charge in [0, 0.05) is 45.8 Å². The molecule has 0 aromatic heterocycles. The molecule has 106 valence electrons. The van der Waals surface area contributed by atoms with Gasteiger partial charge in [-0.25, -0.2) is 0 Å². The van der Waals surface area contributed by atoms with Gasteiger partial charge in [-0.05, 0) is 20.9 Å². The summed E-state index contributed by atoms with van der Waals surface area (Å²) in [6.07, 6.45) is 0. The Bertz CT molecular complexity index is 263. The zero-order chi connectivity index (χ0) is 13.6. The molecule has 0 atom stereocenters. The third-order valence-electron chi connectivity index (χ3n) is 3.41. The van der Waals surface area contributed by atoms with Crippen molar-refractivity contribution in [3.63, 3.8) is 0 Å². The maximum Gasteiger partial charge on any atom is 0.312 e. The summed E-state index contributed by atoms with van der Waals surface area (Å²) in [5, 5.41) is 3.35. The van der Waals surface area contributed by atoms with Crippen molar-refractivity contribution in [3.8, 4) is 0 Å². The van der Waals surface area contributed by atoms with Crippen molar-refractivity contribution in [2.24, 2.45) is 5.41 Å². The number of carbonyl (C=O) groups is 1. The van der Waals surface area contributed by atoms with Crippen molar-refractivity contribution in [2.75, 3.05) is 60.0 Å². The second-order valence-corrected chi connectivity index (χ2v) is 5.70. The van der Waals surface area contributed by atoms with Crippen LogP contribution in [0.25, 0.3) is 0 Å². The van der Waals surface area contributed by atoms with E-state index in [1.165, 1.54) is 7.11 Å². The molecule has 0 saturated carbocycles. The highest BCUT2D eigenvalue weighted by molar-refractivity contribution is 5.76. The summed E-state index contributed by atoms with van der Waals surface area (Å²) in [5.74, 6) is -0.142. The van der Waals surface area contributed by atoms with E-state index in [0.717, 1.165) is 45.8 Å². The van der Waals surface area contributed by atoms with Crippen molar-refractivity contribution >= 4 is 5.97 Å². The molecule has 1 fully saturated rings. The van der Waals surface area contributed by atoms with Gasteiger partial charge >= 0.3 is 5.97 Å². The first kappa shape index (κ1) is 15.4. The van der Waals surface area contributed by atoms with Crippen LogP contribution in [0.2, 0.25) is 0 Å². The van der Waals surface area contributed by atoms with E-state index in [9.17, 15) is 4.79 Å². The first-order valence-electron chi connectivity index (χ1n) is 6.66. The number of hydrogen-bond donors (Lipinski definition) is 1. The smallest absolute Gasteiger partial charge is 0.312 e. The summed E-state index contributed by atoms with van der Waals surface area (Å²) in [5.41, 5.74) is -0.438. The van der Waals surface area contributed by atoms with Gasteiger partial charge in [0.1, 0.15) is 0 Å². The van der Waals surface area contributed by atoms with Crippen LogP contribution in [0.1, 0.15) is 13.8 Å². The van der Waals surface area contributed by atoms with Gasteiger partial charge in [-0.2, -0.15) is 0 Å². The molecule has 0 amide bonds. The zero-order valence-corrected chi connectivity index (χ0v) is 12.2. The molecule has 0 spiro atoms. The monoisotopic (exact) mass is 257 g/mol. The molecule has 1 aliphatic rings. The molecule has 0 aromatic rings. The lowest BCUT2D eigenvalue weighted by Crippen LogP contribution is -2.47. The van der Waals surface area contributed by atoms with Crippen LogP contribution in [0.15, 0.2) is 0 Å². The predicted octanol–water partition coefficient (Wildman–Crippen LogP) is 0.0226. The zero-order valence-electron chi connectivity index (χ0n) is 12.2. The molecular formula is C13H27N3O2. The van der Waals surface area contributed by atoms with Crippen LogP contribution >= 0.6 is 0 Å². The number of piperazine rings is 1. The topological polar surface area (TPSA) is 44.8 Å². The largest absolute Gasteiger partial charge is 0.469 e. The van der Waals surface area contributed by atoms with Crippen molar-refractivity contribution in [1.29, 1.82) is 0 Å². The van der Waals surface area contributed by atoms with Gasteiger partial charge in [0.25, 0.3) is 0 Å². The first-order chi connectivity index (χ1) is 8.45. The molecule has 0 aromatic carbocycles. The van der Waals surface area contributed by atoms with E-state index in [0.29, 0.717) is 0 Å². The third-order valence-corrected chi connectivity index (χ3v) is 3.41. The van der Waals surface area contributed by atoms with Crippen LogP contribution in [0.3, 0.4) is 0 Å². The van der Waals surface area contributed by atoms with Gasteiger partial charge in [0.2, 0.25) is 0 Å². The Morgan fingerprint density at radius 1 is 1.39 bits per heavy atom. The Morgan fingerprint density at radius 2 is 2.00 bits per heavy atom. The molecule has 1 heterocycles. The van der Waals surface area contributed by atoms with Gasteiger partial charge in [-0.1, -0.05) is 0 Å². The number of nitrogens with zero attached hydrogens (tertiary/aromatic N) is 2. The van der Waals surface area contributed by atoms with E-state index < -0.39 is 5.41 Å². The highest BCUT2D eigenvalue weighted by atomic mass is 16.5. The number of nitrogens with one attached hydrogen (secondary N) is 1. The molecule has 18 heavy (non-hydrogen) atoms. The molecular weight excluding hydrogens is 230 g/mol. The fourth-order valence-corrected chi connectivity index (χ4v) is 2.34. The summed E-state index contributed by atoms with van der Waals surface area (Å²) < 4.78 is 4.83. The lowest BCUT2D eigenvalue weighted by Gasteiger charge is -2.31. The van der Waals surface area contributed by atoms with Crippen LogP contribution < -0.4 is 5.32 Å². The highest BCUT2D eigenvalue weighted by Crippen LogP contribution is 2.18. The second kappa shape index (κ2) is 7.07. The van der Waals surface area contributed by atoms with Crippen LogP contribution in [0.5, 0.6) is 0 Å². The summed E-state index contributed by atoms with van der Waals surface area (Å²) in [6, 6.07) is 0. The summed E-state index contributed by atoms with van der Waals surface area (Å²) in [6.45, 7) is 11.0. The van der Waals surface area contributed by atoms with Crippen molar-refractivity contribution in [1.82, 2.24) is 15.1 Å². The molecule has 0 radical (unpaired) electrons. The maximum atomic E-state index is 11.6. The summed E-state index contributed by atoms with van der Waals surface area (Å²) in [4.78, 5) is 16.3. The number of hydrogen-bond acceptors (Lipinski definition) is 5. The number of likely N-dealkylation sites (N-methyl/N-ethyl adjacent to an activating group) is 1. The Morgan fingerprint density at radius 3 is 2.56 bits per heavy atom. The van der Waals surface area contributed by atoms with Crippen LogP contribution in [0, 0.1) is 5.41 Å². The third kappa shape index (κ3) is 4.92. The maximum absolute atomic E-state index is 11.6. The lowest BCUT2D eigenvalue weighted by atomic mass is 9.93. The fraction of sp³-hybridized carbons (Fsp3) is 0.923. The predicted molar refractivity (Wildman–Crippen MR) is 72.6 cm³/mol. The molecule has 1 rings (SSSR count). The SMILES string of the molecule is COC(=O)C(C)(C)CN(C)CCN1CCNCC1. The Balaban J connectivity index is 2.27. The average Bonchev–Trinajstić information content (AvgIpc) is 2.36. The molecule has 1 N–H and O–H groups in total. The minimum Gasteiger partial charge on any atom is -0.469 e. The van der Waals surface area contributed by atoms with E-state index >= 15 is 0 Å². The average molecular weight is 257 g/mol. The highest BCUT2D eigenvalue weighted by Gasteiger charge is 2.30. The van der Waals surface area contributed by atoms with Crippen LogP contribution in [-0.2, 0) is 9.53 Å². The van der Waals surface area contributed by atoms with Crippen LogP contribution in [0.4, 0.5) is 0 Å². The second-order valence-electron chi connectivity index (χ2n) is 5.70. The van der Waals surface area contributed by atoms with E-state index in [1.807, 2.05) is 13.8 Å². The molecule has 1 saturated heterocycles. The molecule has 0 unspecified atom stereocenters. The minimum absolute atomic E-state index is 0.142. The Kier molecular flexibility index (Phi) is 6.05. The van der Waals surface area contributed by atoms with E-state index in [4.69, 9.17) is 4.74 Å². The minimum atomic E-state index is -0.438. The number of methoxy groups -OCH3 is 1. The molecule has 1 aliphatic heterocycles. The van der Waals surface area contributed by atoms with Gasteiger partial charge in [0.05, 0.1) is 12.5 Å². The number of rotatable bonds is 6. The standard InChI is InChI=1S/C13H27N3O2/c1-13(2,12(17)18-4)11-15(3)9-10-16-7-5-14-6-8-16/h14H,5-11H2,1-4H3. The van der Waals surface area contributed by atoms with Gasteiger partial charge in [-0.15, -0.1) is 0 Å². The van der Waals surface area contributed by atoms with Crippen molar-refractivity contribution in [3.05, 3.63) is 0 Å². The van der Waals surface area contributed by atoms with Crippen molar-refractivity contribution < 1.29 is 9.53 Å². The normalized spacial score (nSPS) is 18.1. The van der Waals surface area contributed by atoms with Gasteiger partial charge < -0.3 is 15.0 Å². The van der Waals surface area contributed by atoms with E-state index in [2.05, 4.69) is 22.2 Å². The number of carbonyl (C=O) groups excluding carboxylic acids is 1. The first-order valence-corrected chi connectivity index (χ1v) is 6.66. The lowest BCUT2D eigenvalue weighted by molar-refractivity contribution is -0.151. The fourth-order valence-electron chi connectivity index (χ4n) is 2.34. The molecule has 5 heteroatoms. The molecule has 0 aliphatic carbocycles. The van der Waals surface area contributed by atoms with Crippen molar-refractivity contribution in [2.45, 2.75) is 13.8 Å². The summed E-state index contributed by atoms with van der Waals surface area (Å²) in [7, 11) is 3.51. The molecule has 0 bridgehead atoms. The van der Waals surface area contributed by atoms with Gasteiger partial charge in [0.15, 0.2) is 0 Å². The quantitative estimate of drug-likeness (QED) is 0.680. The molecule has 5 nitrogen and oxygen atoms in total. The van der Waals surface area contributed by atoms with E-state index in [1.54, 1.807) is 0 Å². The Labute approximate surface area is 110 Å². The number of esters is 1. The summed E-state index contributed by atoms with van der Waals surface area (Å²) >= 11 is 0. The van der Waals surface area contributed by atoms with Gasteiger partial charge in [-0.3, -0.25) is 9.69 Å². The van der Waals surface area contributed by atoms with Crippen LogP contribution in [-0.4, -0.2) is 75.7 Å². The van der Waals surface area contributed by atoms with E-state index in [-0.39, 0.29) is 5.97 Å². The Hall–Kier alpha value is -0.650. The number of ether oxygens (including phenoxy) is 1.